The van der Waals surface area contributed by atoms with Crippen LogP contribution in [0.15, 0.2) is 84.4 Å². The Hall–Kier alpha value is -4.44. The molecular weight excluding hydrogens is 645 g/mol. The molecule has 0 aliphatic heterocycles. The van der Waals surface area contributed by atoms with E-state index in [0.29, 0.717) is 12.2 Å². The van der Waals surface area contributed by atoms with Crippen LogP contribution in [0, 0.1) is 61.6 Å². The summed E-state index contributed by atoms with van der Waals surface area (Å²) in [5.74, 6) is 0.135. The van der Waals surface area contributed by atoms with Gasteiger partial charge in [-0.25, -0.2) is 4.98 Å². The Kier molecular flexibility index (Phi) is 7.51. The average Bonchev–Trinajstić information content (AvgIpc) is 3.57. The fraction of sp³-hybridized carbons (Fsp3) is 0.511. The zero-order valence-corrected chi connectivity index (χ0v) is 31.6. The van der Waals surface area contributed by atoms with Crippen molar-refractivity contribution in [3.63, 3.8) is 0 Å². The minimum absolute atomic E-state index is 0.0126. The smallest absolute Gasteiger partial charge is 0.238 e. The highest BCUT2D eigenvalue weighted by atomic mass is 16.2. The molecule has 3 aromatic rings. The summed E-state index contributed by atoms with van der Waals surface area (Å²) in [4.78, 5) is 53.5. The molecule has 7 heteroatoms. The SMILES string of the molecule is CC1(C)CCC2(C(=O)n3cc(-c4ccccc4)nc3-c3ccncc3)CCC3(C)[C@@H](C(=O)C=C4C5(C)C=C(C#N)C(=O)C(C)(C)C5CCC43C)C2C1. The van der Waals surface area contributed by atoms with Gasteiger partial charge in [0.2, 0.25) is 5.91 Å². The summed E-state index contributed by atoms with van der Waals surface area (Å²) in [6.45, 7) is 15.4. The number of pyridine rings is 1. The lowest BCUT2D eigenvalue weighted by Crippen LogP contribution is -2.66. The number of aromatic nitrogens is 3. The second kappa shape index (κ2) is 11.3. The first-order chi connectivity index (χ1) is 24.5. The number of allylic oxidation sites excluding steroid dienone is 4. The van der Waals surface area contributed by atoms with Gasteiger partial charge in [0.1, 0.15) is 11.9 Å². The van der Waals surface area contributed by atoms with Crippen molar-refractivity contribution in [2.45, 2.75) is 93.4 Å². The molecule has 3 fully saturated rings. The molecule has 0 bridgehead atoms. The van der Waals surface area contributed by atoms with E-state index < -0.39 is 21.7 Å². The molecule has 3 saturated carbocycles. The Morgan fingerprint density at radius 1 is 0.885 bits per heavy atom. The molecule has 5 aliphatic carbocycles. The van der Waals surface area contributed by atoms with Crippen molar-refractivity contribution in [2.75, 3.05) is 0 Å². The van der Waals surface area contributed by atoms with Crippen molar-refractivity contribution in [3.8, 4) is 28.7 Å². The van der Waals surface area contributed by atoms with Gasteiger partial charge in [-0.3, -0.25) is 23.9 Å². The van der Waals surface area contributed by atoms with Crippen LogP contribution in [0.1, 0.15) is 98.2 Å². The van der Waals surface area contributed by atoms with E-state index in [2.05, 4.69) is 45.7 Å². The standard InChI is InChI=1S/C45H50N4O3/c1-40(2)17-19-45(39(52)49-27-32(28-11-9-8-10-12-28)48-38(49)29-14-21-47-22-15-29)20-18-44(7)36(31(45)25-40)33(50)23-35-42(5)24-30(26-46)37(51)41(3,4)34(42)13-16-43(35,44)6/h8-12,14-15,21-24,27,31,34,36H,13,16-20,25H2,1-7H3/t31?,34?,36-,42?,43?,44?,45?/m1/s1. The summed E-state index contributed by atoms with van der Waals surface area (Å²) < 4.78 is 1.80. The maximum atomic E-state index is 15.6. The second-order valence-electron chi connectivity index (χ2n) is 18.6. The van der Waals surface area contributed by atoms with E-state index in [4.69, 9.17) is 4.98 Å². The zero-order valence-electron chi connectivity index (χ0n) is 31.6. The first-order valence-corrected chi connectivity index (χ1v) is 19.1. The van der Waals surface area contributed by atoms with E-state index >= 15 is 9.59 Å². The molecule has 7 nitrogen and oxygen atoms in total. The number of carbonyl (C=O) groups is 3. The number of ketones is 2. The highest BCUT2D eigenvalue weighted by Gasteiger charge is 2.71. The Bertz CT molecular complexity index is 2120. The van der Waals surface area contributed by atoms with E-state index in [0.717, 1.165) is 60.9 Å². The van der Waals surface area contributed by atoms with Gasteiger partial charge in [-0.2, -0.15) is 5.26 Å². The highest BCUT2D eigenvalue weighted by Crippen LogP contribution is 2.74. The fourth-order valence-electron chi connectivity index (χ4n) is 12.2. The zero-order chi connectivity index (χ0) is 37.1. The number of hydrogen-bond acceptors (Lipinski definition) is 6. The van der Waals surface area contributed by atoms with Crippen molar-refractivity contribution < 1.29 is 14.4 Å². The average molecular weight is 695 g/mol. The van der Waals surface area contributed by atoms with Crippen LogP contribution in [0.4, 0.5) is 0 Å². The number of nitriles is 1. The van der Waals surface area contributed by atoms with Gasteiger partial charge in [0.05, 0.1) is 16.7 Å². The minimum Gasteiger partial charge on any atom is -0.295 e. The predicted molar refractivity (Wildman–Crippen MR) is 200 cm³/mol. The van der Waals surface area contributed by atoms with E-state index in [1.54, 1.807) is 17.0 Å². The molecular formula is C45H50N4O3. The Balaban J connectivity index is 1.28. The Morgan fingerprint density at radius 2 is 1.58 bits per heavy atom. The monoisotopic (exact) mass is 694 g/mol. The van der Waals surface area contributed by atoms with Crippen molar-refractivity contribution in [3.05, 3.63) is 84.4 Å². The third-order valence-corrected chi connectivity index (χ3v) is 15.2. The quantitative estimate of drug-likeness (QED) is 0.270. The van der Waals surface area contributed by atoms with E-state index in [1.807, 2.05) is 74.7 Å². The molecule has 0 amide bonds. The molecule has 8 rings (SSSR count). The first-order valence-electron chi connectivity index (χ1n) is 19.1. The van der Waals surface area contributed by atoms with E-state index in [-0.39, 0.29) is 51.6 Å². The lowest BCUT2D eigenvalue weighted by atomic mass is 9.34. The van der Waals surface area contributed by atoms with Crippen molar-refractivity contribution in [2.24, 2.45) is 50.2 Å². The lowest BCUT2D eigenvalue weighted by molar-refractivity contribution is -0.164. The summed E-state index contributed by atoms with van der Waals surface area (Å²) in [7, 11) is 0. The summed E-state index contributed by atoms with van der Waals surface area (Å²) in [5.41, 5.74) is 0.954. The Morgan fingerprint density at radius 3 is 2.27 bits per heavy atom. The molecule has 5 aliphatic rings. The van der Waals surface area contributed by atoms with Crippen LogP contribution in [0.25, 0.3) is 22.6 Å². The molecule has 7 atom stereocenters. The molecule has 0 saturated heterocycles. The number of imidazole rings is 1. The van der Waals surface area contributed by atoms with Crippen LogP contribution >= 0.6 is 0 Å². The van der Waals surface area contributed by atoms with Crippen molar-refractivity contribution >= 4 is 17.5 Å². The number of fused-ring (bicyclic) bond motifs is 7. The number of carbonyl (C=O) groups excluding carboxylic acids is 3. The summed E-state index contributed by atoms with van der Waals surface area (Å²) in [5, 5.41) is 10.1. The molecule has 6 unspecified atom stereocenters. The summed E-state index contributed by atoms with van der Waals surface area (Å²) in [6.07, 6.45) is 14.7. The lowest BCUT2D eigenvalue weighted by Gasteiger charge is -2.69. The second-order valence-corrected chi connectivity index (χ2v) is 18.6. The Labute approximate surface area is 307 Å². The normalized spacial score (nSPS) is 35.8. The topological polar surface area (TPSA) is 106 Å². The van der Waals surface area contributed by atoms with Gasteiger partial charge < -0.3 is 0 Å². The predicted octanol–water partition coefficient (Wildman–Crippen LogP) is 9.47. The van der Waals surface area contributed by atoms with Gasteiger partial charge in [-0.15, -0.1) is 0 Å². The van der Waals surface area contributed by atoms with Crippen LogP contribution in [-0.2, 0) is 9.59 Å². The molecule has 1 aromatic carbocycles. The van der Waals surface area contributed by atoms with Crippen LogP contribution in [0.3, 0.4) is 0 Å². The first kappa shape index (κ1) is 34.6. The largest absolute Gasteiger partial charge is 0.295 e. The summed E-state index contributed by atoms with van der Waals surface area (Å²) in [6, 6.07) is 16.0. The molecule has 268 valence electrons. The minimum atomic E-state index is -0.734. The van der Waals surface area contributed by atoms with Crippen LogP contribution in [0.5, 0.6) is 0 Å². The van der Waals surface area contributed by atoms with Crippen molar-refractivity contribution in [1.29, 1.82) is 5.26 Å². The van der Waals surface area contributed by atoms with Gasteiger partial charge >= 0.3 is 0 Å². The number of rotatable bonds is 3. The maximum absolute atomic E-state index is 15.6. The number of Topliss-reactive ketones (excluding diaryl/α,β-unsaturated/α-hetero) is 1. The third-order valence-electron chi connectivity index (χ3n) is 15.2. The number of benzene rings is 1. The number of nitrogens with zero attached hydrogens (tertiary/aromatic N) is 4. The van der Waals surface area contributed by atoms with Crippen LogP contribution in [-0.4, -0.2) is 32.0 Å². The third kappa shape index (κ3) is 4.58. The molecule has 52 heavy (non-hydrogen) atoms. The molecule has 2 aromatic heterocycles. The van der Waals surface area contributed by atoms with Gasteiger partial charge in [-0.05, 0) is 91.2 Å². The maximum Gasteiger partial charge on any atom is 0.238 e. The highest BCUT2D eigenvalue weighted by molar-refractivity contribution is 6.05. The van der Waals surface area contributed by atoms with Crippen LogP contribution < -0.4 is 0 Å². The van der Waals surface area contributed by atoms with E-state index in [9.17, 15) is 10.1 Å². The van der Waals surface area contributed by atoms with Crippen LogP contribution in [0.2, 0.25) is 0 Å². The number of hydrogen-bond donors (Lipinski definition) is 0. The van der Waals surface area contributed by atoms with Gasteiger partial charge in [0.25, 0.3) is 0 Å². The van der Waals surface area contributed by atoms with Gasteiger partial charge in [-0.1, -0.05) is 90.4 Å². The van der Waals surface area contributed by atoms with Gasteiger partial charge in [0.15, 0.2) is 11.6 Å². The van der Waals surface area contributed by atoms with Crippen molar-refractivity contribution in [1.82, 2.24) is 14.5 Å². The van der Waals surface area contributed by atoms with Gasteiger partial charge in [0, 0.05) is 46.5 Å². The molecule has 2 heterocycles. The molecule has 0 radical (unpaired) electrons. The fourth-order valence-corrected chi connectivity index (χ4v) is 12.2. The molecule has 0 N–H and O–H groups in total. The van der Waals surface area contributed by atoms with E-state index in [1.165, 1.54) is 0 Å². The molecule has 0 spiro atoms. The summed E-state index contributed by atoms with van der Waals surface area (Å²) >= 11 is 0.